The van der Waals surface area contributed by atoms with Crippen LogP contribution in [0, 0.1) is 13.8 Å². The third-order valence-electron chi connectivity index (χ3n) is 4.01. The Morgan fingerprint density at radius 2 is 1.17 bits per heavy atom. The van der Waals surface area contributed by atoms with E-state index in [1.165, 1.54) is 21.5 Å². The Hall–Kier alpha value is -1.33. The van der Waals surface area contributed by atoms with Crippen molar-refractivity contribution in [3.05, 3.63) is 95.2 Å². The fourth-order valence-corrected chi connectivity index (χ4v) is 3.01. The van der Waals surface area contributed by atoms with E-state index >= 15 is 0 Å². The second kappa shape index (κ2) is 15.5. The van der Waals surface area contributed by atoms with Crippen molar-refractivity contribution in [2.45, 2.75) is 26.9 Å². The molecule has 30 heavy (non-hydrogen) atoms. The van der Waals surface area contributed by atoms with Crippen LogP contribution in [0.1, 0.15) is 21.5 Å². The minimum atomic E-state index is -0.614. The fraction of sp³-hybridized carbons (Fsp3) is 0.167. The zero-order valence-electron chi connectivity index (χ0n) is 17.6. The molecule has 0 heterocycles. The number of aryl methyl sites for hydroxylation is 2. The average molecular weight is 621 g/mol. The van der Waals surface area contributed by atoms with Gasteiger partial charge in [0.15, 0.2) is 0 Å². The van der Waals surface area contributed by atoms with Crippen molar-refractivity contribution in [1.29, 1.82) is 0 Å². The first-order valence-electron chi connectivity index (χ1n) is 8.92. The first-order chi connectivity index (χ1) is 13.0. The number of amides is 1. The Morgan fingerprint density at radius 3 is 1.53 bits per heavy atom. The van der Waals surface area contributed by atoms with Crippen molar-refractivity contribution < 1.29 is 55.5 Å². The maximum Gasteiger partial charge on any atom is 4.00 e. The summed E-state index contributed by atoms with van der Waals surface area (Å²) in [5, 5.41) is 5.39. The van der Waals surface area contributed by atoms with Gasteiger partial charge >= 0.3 is 25.8 Å². The number of carbonyl (C=O) groups is 1. The van der Waals surface area contributed by atoms with Gasteiger partial charge in [-0.15, -0.1) is 39.7 Å². The number of rotatable bonds is 1. The Bertz CT molecular complexity index is 979. The standard InChI is InChI=1S/C13H9.C9H11NO.C2H6Si.2ClH.Hf/c1-3-7-12-10(5-1)9-11-6-2-4-8-13(11)12;1-6-3-7(2)5-8(4-6)9(10)11;1-3-2;;;/h1-9H;3-5H,1-2H3,(H2,10,11);1-2H3;2*1H;/q-1;;;;;+4/p-3. The van der Waals surface area contributed by atoms with Gasteiger partial charge in [0.1, 0.15) is 0 Å². The summed E-state index contributed by atoms with van der Waals surface area (Å²) in [6.45, 7) is 8.14. The van der Waals surface area contributed by atoms with Crippen molar-refractivity contribution in [2.24, 2.45) is 0 Å². The minimum Gasteiger partial charge on any atom is -1.00 e. The Morgan fingerprint density at radius 1 is 0.800 bits per heavy atom. The number of halogens is 2. The molecule has 4 rings (SSSR count). The van der Waals surface area contributed by atoms with Gasteiger partial charge in [-0.2, -0.15) is 0 Å². The molecule has 1 amide bonds. The van der Waals surface area contributed by atoms with Crippen LogP contribution in [-0.4, -0.2) is 15.4 Å². The largest absolute Gasteiger partial charge is 4.00 e. The maximum atomic E-state index is 10.6. The van der Waals surface area contributed by atoms with Crippen molar-refractivity contribution in [2.75, 3.05) is 0 Å². The number of hydrogen-bond acceptors (Lipinski definition) is 1. The Balaban J connectivity index is 0. The molecule has 0 bridgehead atoms. The van der Waals surface area contributed by atoms with Gasteiger partial charge in [0.05, 0.1) is 5.91 Å². The molecule has 4 aromatic rings. The summed E-state index contributed by atoms with van der Waals surface area (Å²) in [6, 6.07) is 24.7. The number of hydrogen-bond donors (Lipinski definition) is 0. The number of benzene rings is 3. The number of carbonyl (C=O) groups excluding carboxylic acids is 1. The molecule has 0 saturated heterocycles. The molecular formula is C24H25Cl2HfNOSi. The van der Waals surface area contributed by atoms with Crippen molar-refractivity contribution in [3.8, 4) is 0 Å². The van der Waals surface area contributed by atoms with Gasteiger partial charge in [0.2, 0.25) is 0 Å². The monoisotopic (exact) mass is 621 g/mol. The van der Waals surface area contributed by atoms with Crippen molar-refractivity contribution in [3.63, 3.8) is 0 Å². The van der Waals surface area contributed by atoms with Crippen LogP contribution < -0.4 is 24.8 Å². The molecule has 6 heteroatoms. The van der Waals surface area contributed by atoms with Crippen LogP contribution in [0.2, 0.25) is 13.1 Å². The summed E-state index contributed by atoms with van der Waals surface area (Å²) in [5.41, 5.74) is 9.40. The maximum absolute atomic E-state index is 10.6. The molecule has 0 spiro atoms. The quantitative estimate of drug-likeness (QED) is 0.231. The van der Waals surface area contributed by atoms with Gasteiger partial charge < -0.3 is 35.3 Å². The molecule has 0 aliphatic heterocycles. The van der Waals surface area contributed by atoms with Crippen LogP contribution >= 0.6 is 0 Å². The molecule has 4 aromatic carbocycles. The minimum absolute atomic E-state index is 0. The van der Waals surface area contributed by atoms with Gasteiger partial charge in [-0.05, 0) is 19.4 Å². The summed E-state index contributed by atoms with van der Waals surface area (Å²) in [5.74, 6) is -0.614. The van der Waals surface area contributed by atoms with Crippen LogP contribution in [0.15, 0.2) is 72.8 Å². The summed E-state index contributed by atoms with van der Waals surface area (Å²) in [4.78, 5) is 10.6. The Labute approximate surface area is 213 Å². The smallest absolute Gasteiger partial charge is 1.00 e. The van der Waals surface area contributed by atoms with Crippen LogP contribution in [0.25, 0.3) is 27.3 Å². The van der Waals surface area contributed by atoms with Crippen LogP contribution in [0.4, 0.5) is 0 Å². The van der Waals surface area contributed by atoms with Crippen LogP contribution in [0.5, 0.6) is 0 Å². The molecule has 0 aliphatic carbocycles. The number of fused-ring (bicyclic) bond motifs is 3. The van der Waals surface area contributed by atoms with E-state index in [1.54, 1.807) is 12.1 Å². The summed E-state index contributed by atoms with van der Waals surface area (Å²) in [7, 11) is 1.08. The predicted octanol–water partition coefficient (Wildman–Crippen LogP) is 1.00. The molecule has 0 atom stereocenters. The Kier molecular flexibility index (Phi) is 15.9. The molecule has 2 nitrogen and oxygen atoms in total. The van der Waals surface area contributed by atoms with E-state index in [-0.39, 0.29) is 50.7 Å². The van der Waals surface area contributed by atoms with E-state index < -0.39 is 5.91 Å². The van der Waals surface area contributed by atoms with E-state index in [4.69, 9.17) is 5.73 Å². The molecule has 1 N–H and O–H groups in total. The van der Waals surface area contributed by atoms with Crippen LogP contribution in [0.3, 0.4) is 0 Å². The summed E-state index contributed by atoms with van der Waals surface area (Å²) in [6.07, 6.45) is 0. The third kappa shape index (κ3) is 8.81. The molecule has 0 fully saturated rings. The van der Waals surface area contributed by atoms with Crippen LogP contribution in [-0.2, 0) is 25.8 Å². The van der Waals surface area contributed by atoms with E-state index in [0.717, 1.165) is 20.6 Å². The molecule has 0 aromatic heterocycles. The van der Waals surface area contributed by atoms with E-state index in [2.05, 4.69) is 67.7 Å². The SMILES string of the molecule is C[Si]C.Cc1cc(C)cc(C([NH-])=O)c1.[Cl-].[Cl-].[Hf+4].c1ccc2c(c1)[cH-]c1ccccc12. The zero-order valence-corrected chi connectivity index (χ0v) is 23.7. The molecule has 154 valence electrons. The molecule has 0 aliphatic rings. The third-order valence-corrected chi connectivity index (χ3v) is 4.01. The predicted molar refractivity (Wildman–Crippen MR) is 119 cm³/mol. The van der Waals surface area contributed by atoms with E-state index in [0.29, 0.717) is 5.56 Å². The molecular weight excluding hydrogens is 596 g/mol. The zero-order chi connectivity index (χ0) is 19.8. The molecule has 0 unspecified atom stereocenters. The number of nitrogens with one attached hydrogen (secondary N) is 1. The van der Waals surface area contributed by atoms with Gasteiger partial charge in [-0.1, -0.05) is 78.8 Å². The van der Waals surface area contributed by atoms with Gasteiger partial charge in [0.25, 0.3) is 0 Å². The van der Waals surface area contributed by atoms with E-state index in [9.17, 15) is 4.79 Å². The van der Waals surface area contributed by atoms with Gasteiger partial charge in [-0.3, -0.25) is 0 Å². The average Bonchev–Trinajstić information content (AvgIpc) is 3.01. The van der Waals surface area contributed by atoms with Gasteiger partial charge in [-0.25, -0.2) is 0 Å². The van der Waals surface area contributed by atoms with E-state index in [1.807, 2.05) is 19.9 Å². The first kappa shape index (κ1) is 30.9. The van der Waals surface area contributed by atoms with Gasteiger partial charge in [0, 0.05) is 9.52 Å². The van der Waals surface area contributed by atoms with Crippen molar-refractivity contribution in [1.82, 2.24) is 0 Å². The van der Waals surface area contributed by atoms with Crippen molar-refractivity contribution >= 4 is 37.0 Å². The topological polar surface area (TPSA) is 40.9 Å². The molecule has 2 radical (unpaired) electrons. The normalized spacial score (nSPS) is 8.93. The second-order valence-corrected chi connectivity index (χ2v) is 7.52. The fourth-order valence-electron chi connectivity index (χ4n) is 3.01. The first-order valence-corrected chi connectivity index (χ1v) is 10.9. The summed E-state index contributed by atoms with van der Waals surface area (Å²) < 4.78 is 0. The molecule has 0 saturated carbocycles. The second-order valence-electron chi connectivity index (χ2n) is 6.52. The summed E-state index contributed by atoms with van der Waals surface area (Å²) >= 11 is 0.